The Labute approximate surface area is 104 Å². The third-order valence-electron chi connectivity index (χ3n) is 2.31. The van der Waals surface area contributed by atoms with Crippen molar-refractivity contribution in [3.8, 4) is 0 Å². The molecule has 1 N–H and O–H groups in total. The van der Waals surface area contributed by atoms with Crippen molar-refractivity contribution in [2.75, 3.05) is 0 Å². The lowest BCUT2D eigenvalue weighted by Gasteiger charge is -2.02. The predicted octanol–water partition coefficient (Wildman–Crippen LogP) is 0.737. The number of nitrogens with one attached hydrogen (secondary N) is 1. The number of amides is 1. The van der Waals surface area contributed by atoms with E-state index in [0.717, 1.165) is 11.3 Å². The Hall–Kier alpha value is -2.50. The van der Waals surface area contributed by atoms with Crippen LogP contribution in [0.1, 0.15) is 11.3 Å². The molecule has 6 nitrogen and oxygen atoms in total. The second kappa shape index (κ2) is 5.72. The molecule has 0 aliphatic rings. The van der Waals surface area contributed by atoms with Gasteiger partial charge in [0.05, 0.1) is 6.21 Å². The van der Waals surface area contributed by atoms with E-state index in [2.05, 4.69) is 20.6 Å². The number of pyridine rings is 1. The lowest BCUT2D eigenvalue weighted by Crippen LogP contribution is -2.24. The van der Waals surface area contributed by atoms with E-state index in [4.69, 9.17) is 0 Å². The molecule has 0 fully saturated rings. The van der Waals surface area contributed by atoms with E-state index in [-0.39, 0.29) is 12.5 Å². The summed E-state index contributed by atoms with van der Waals surface area (Å²) in [5, 5.41) is 7.86. The maximum absolute atomic E-state index is 11.6. The number of rotatable bonds is 4. The number of carbonyl (C=O) groups excluding carboxylic acids is 1. The van der Waals surface area contributed by atoms with Crippen LogP contribution in [0.25, 0.3) is 0 Å². The number of carbonyl (C=O) groups is 1. The van der Waals surface area contributed by atoms with Crippen LogP contribution in [0.5, 0.6) is 0 Å². The molecular weight excluding hydrogens is 230 g/mol. The van der Waals surface area contributed by atoms with Gasteiger partial charge in [0.25, 0.3) is 5.91 Å². The Morgan fingerprint density at radius 1 is 1.50 bits per heavy atom. The molecule has 0 saturated carbocycles. The molecule has 0 radical (unpaired) electrons. The number of hydrazone groups is 1. The summed E-state index contributed by atoms with van der Waals surface area (Å²) in [4.78, 5) is 15.5. The zero-order chi connectivity index (χ0) is 12.8. The maximum atomic E-state index is 11.6. The van der Waals surface area contributed by atoms with Crippen molar-refractivity contribution in [1.82, 2.24) is 20.2 Å². The van der Waals surface area contributed by atoms with E-state index in [9.17, 15) is 4.79 Å². The van der Waals surface area contributed by atoms with Crippen LogP contribution >= 0.6 is 0 Å². The van der Waals surface area contributed by atoms with E-state index < -0.39 is 0 Å². The molecule has 1 amide bonds. The van der Waals surface area contributed by atoms with Crippen LogP contribution in [0.3, 0.4) is 0 Å². The SMILES string of the molecule is Cc1ccnn1CC(=O)N/N=C\c1cccnc1. The van der Waals surface area contributed by atoms with E-state index in [1.54, 1.807) is 35.6 Å². The molecule has 2 rings (SSSR count). The Balaban J connectivity index is 1.86. The summed E-state index contributed by atoms with van der Waals surface area (Å²) in [5.74, 6) is -0.220. The molecule has 2 heterocycles. The fourth-order valence-electron chi connectivity index (χ4n) is 1.37. The van der Waals surface area contributed by atoms with Gasteiger partial charge in [0, 0.05) is 29.8 Å². The molecule has 0 aliphatic heterocycles. The molecule has 18 heavy (non-hydrogen) atoms. The van der Waals surface area contributed by atoms with E-state index in [1.165, 1.54) is 0 Å². The first-order valence-electron chi connectivity index (χ1n) is 5.46. The number of aryl methyl sites for hydroxylation is 1. The van der Waals surface area contributed by atoms with Gasteiger partial charge in [-0.15, -0.1) is 0 Å². The Morgan fingerprint density at radius 3 is 3.06 bits per heavy atom. The van der Waals surface area contributed by atoms with Gasteiger partial charge in [0.2, 0.25) is 0 Å². The largest absolute Gasteiger partial charge is 0.271 e. The highest BCUT2D eigenvalue weighted by molar-refractivity contribution is 5.81. The number of hydrogen-bond acceptors (Lipinski definition) is 4. The summed E-state index contributed by atoms with van der Waals surface area (Å²) < 4.78 is 1.61. The minimum Gasteiger partial charge on any atom is -0.271 e. The van der Waals surface area contributed by atoms with Crippen molar-refractivity contribution in [3.63, 3.8) is 0 Å². The molecule has 0 atom stereocenters. The highest BCUT2D eigenvalue weighted by atomic mass is 16.2. The van der Waals surface area contributed by atoms with Crippen LogP contribution < -0.4 is 5.43 Å². The van der Waals surface area contributed by atoms with Gasteiger partial charge in [0.1, 0.15) is 6.54 Å². The molecule has 2 aromatic rings. The third kappa shape index (κ3) is 3.24. The van der Waals surface area contributed by atoms with Crippen LogP contribution in [-0.4, -0.2) is 26.9 Å². The summed E-state index contributed by atoms with van der Waals surface area (Å²) in [5.41, 5.74) is 4.20. The van der Waals surface area contributed by atoms with Gasteiger partial charge in [-0.3, -0.25) is 14.5 Å². The van der Waals surface area contributed by atoms with Crippen LogP contribution in [-0.2, 0) is 11.3 Å². The quantitative estimate of drug-likeness (QED) is 0.635. The first kappa shape index (κ1) is 12.0. The first-order chi connectivity index (χ1) is 8.75. The van der Waals surface area contributed by atoms with Crippen molar-refractivity contribution in [1.29, 1.82) is 0 Å². The minimum absolute atomic E-state index is 0.156. The van der Waals surface area contributed by atoms with Gasteiger partial charge in [-0.1, -0.05) is 6.07 Å². The summed E-state index contributed by atoms with van der Waals surface area (Å²) >= 11 is 0. The molecule has 0 unspecified atom stereocenters. The van der Waals surface area contributed by atoms with Gasteiger partial charge >= 0.3 is 0 Å². The summed E-state index contributed by atoms with van der Waals surface area (Å²) in [6, 6.07) is 5.49. The topological polar surface area (TPSA) is 72.2 Å². The number of nitrogens with zero attached hydrogens (tertiary/aromatic N) is 4. The molecular formula is C12H13N5O. The maximum Gasteiger partial charge on any atom is 0.261 e. The van der Waals surface area contributed by atoms with Gasteiger partial charge in [-0.25, -0.2) is 5.43 Å². The fourth-order valence-corrected chi connectivity index (χ4v) is 1.37. The normalized spacial score (nSPS) is 10.7. The Morgan fingerprint density at radius 2 is 2.39 bits per heavy atom. The smallest absolute Gasteiger partial charge is 0.261 e. The van der Waals surface area contributed by atoms with E-state index in [1.807, 2.05) is 19.1 Å². The standard InChI is InChI=1S/C12H13N5O/c1-10-4-6-15-17(10)9-12(18)16-14-8-11-3-2-5-13-7-11/h2-8H,9H2,1H3,(H,16,18)/b14-8-. The minimum atomic E-state index is -0.220. The first-order valence-corrected chi connectivity index (χ1v) is 5.46. The van der Waals surface area contributed by atoms with Crippen LogP contribution in [0.15, 0.2) is 41.9 Å². The summed E-state index contributed by atoms with van der Waals surface area (Å²) in [6.07, 6.45) is 6.53. The molecule has 0 aliphatic carbocycles. The average molecular weight is 243 g/mol. The molecule has 6 heteroatoms. The Kier molecular flexibility index (Phi) is 3.80. The van der Waals surface area contributed by atoms with Gasteiger partial charge in [0.15, 0.2) is 0 Å². The van der Waals surface area contributed by atoms with E-state index in [0.29, 0.717) is 0 Å². The van der Waals surface area contributed by atoms with E-state index >= 15 is 0 Å². The predicted molar refractivity (Wildman–Crippen MR) is 66.9 cm³/mol. The monoisotopic (exact) mass is 243 g/mol. The lowest BCUT2D eigenvalue weighted by atomic mass is 10.3. The van der Waals surface area contributed by atoms with Gasteiger partial charge < -0.3 is 0 Å². The van der Waals surface area contributed by atoms with Crippen LogP contribution in [0.2, 0.25) is 0 Å². The fraction of sp³-hybridized carbons (Fsp3) is 0.167. The zero-order valence-corrected chi connectivity index (χ0v) is 9.95. The summed E-state index contributed by atoms with van der Waals surface area (Å²) in [7, 11) is 0. The van der Waals surface area contributed by atoms with Gasteiger partial charge in [-0.2, -0.15) is 10.2 Å². The van der Waals surface area contributed by atoms with Crippen LogP contribution in [0.4, 0.5) is 0 Å². The molecule has 0 saturated heterocycles. The zero-order valence-electron chi connectivity index (χ0n) is 9.95. The van der Waals surface area contributed by atoms with Crippen molar-refractivity contribution in [3.05, 3.63) is 48.0 Å². The highest BCUT2D eigenvalue weighted by Crippen LogP contribution is 1.95. The third-order valence-corrected chi connectivity index (χ3v) is 2.31. The van der Waals surface area contributed by atoms with Crippen molar-refractivity contribution < 1.29 is 4.79 Å². The Bertz CT molecular complexity index is 547. The van der Waals surface area contributed by atoms with Crippen molar-refractivity contribution >= 4 is 12.1 Å². The van der Waals surface area contributed by atoms with Crippen molar-refractivity contribution in [2.24, 2.45) is 5.10 Å². The molecule has 2 aromatic heterocycles. The molecule has 0 aromatic carbocycles. The van der Waals surface area contributed by atoms with Crippen LogP contribution in [0, 0.1) is 6.92 Å². The highest BCUT2D eigenvalue weighted by Gasteiger charge is 2.03. The average Bonchev–Trinajstić information content (AvgIpc) is 2.76. The summed E-state index contributed by atoms with van der Waals surface area (Å²) in [6.45, 7) is 2.04. The molecule has 0 spiro atoms. The number of hydrogen-bond donors (Lipinski definition) is 1. The van der Waals surface area contributed by atoms with Crippen molar-refractivity contribution in [2.45, 2.75) is 13.5 Å². The molecule has 0 bridgehead atoms. The lowest BCUT2D eigenvalue weighted by molar-refractivity contribution is -0.121. The number of aromatic nitrogens is 3. The van der Waals surface area contributed by atoms with Gasteiger partial charge in [-0.05, 0) is 19.1 Å². The molecule has 92 valence electrons. The second-order valence-electron chi connectivity index (χ2n) is 3.71. The second-order valence-corrected chi connectivity index (χ2v) is 3.71.